The van der Waals surface area contributed by atoms with Crippen molar-refractivity contribution in [1.29, 1.82) is 0 Å². The van der Waals surface area contributed by atoms with Gasteiger partial charge in [0.05, 0.1) is 32.0 Å². The van der Waals surface area contributed by atoms with Crippen LogP contribution in [0.2, 0.25) is 0 Å². The van der Waals surface area contributed by atoms with E-state index in [1.807, 2.05) is 60.7 Å². The number of hydrogen-bond acceptors (Lipinski definition) is 6. The van der Waals surface area contributed by atoms with Gasteiger partial charge in [-0.05, 0) is 23.1 Å². The maximum Gasteiger partial charge on any atom is 0.117 e. The second kappa shape index (κ2) is 9.84. The van der Waals surface area contributed by atoms with Crippen LogP contribution >= 0.6 is 0 Å². The molecule has 0 spiro atoms. The number of aliphatic hydroxyl groups excluding tert-OH is 2. The molecule has 0 unspecified atom stereocenters. The molecule has 0 aromatic heterocycles. The smallest absolute Gasteiger partial charge is 0.117 e. The van der Waals surface area contributed by atoms with E-state index in [1.165, 1.54) is 0 Å². The molecule has 2 aromatic carbocycles. The lowest BCUT2D eigenvalue weighted by molar-refractivity contribution is -0.226. The van der Waals surface area contributed by atoms with Crippen molar-refractivity contribution >= 4 is 0 Å². The summed E-state index contributed by atoms with van der Waals surface area (Å²) in [7, 11) is 0. The molecule has 0 bridgehead atoms. The van der Waals surface area contributed by atoms with Gasteiger partial charge in [0, 0.05) is 4.91 Å². The Morgan fingerprint density at radius 2 is 1.59 bits per heavy atom. The Morgan fingerprint density at radius 3 is 2.17 bits per heavy atom. The van der Waals surface area contributed by atoms with Crippen LogP contribution in [0.5, 0.6) is 0 Å². The third kappa shape index (κ3) is 5.33. The molecule has 1 aliphatic carbocycles. The highest BCUT2D eigenvalue weighted by molar-refractivity contribution is 5.15. The third-order valence-electron chi connectivity index (χ3n) is 5.10. The molecule has 1 aliphatic rings. The summed E-state index contributed by atoms with van der Waals surface area (Å²) in [5.41, 5.74) is 8.86. The van der Waals surface area contributed by atoms with E-state index < -0.39 is 30.0 Å². The maximum atomic E-state index is 11.1. The summed E-state index contributed by atoms with van der Waals surface area (Å²) in [4.78, 5) is 2.76. The van der Waals surface area contributed by atoms with Gasteiger partial charge in [-0.3, -0.25) is 0 Å². The molecule has 8 heteroatoms. The number of azide groups is 1. The van der Waals surface area contributed by atoms with E-state index in [0.717, 1.165) is 11.1 Å². The largest absolute Gasteiger partial charge is 0.390 e. The number of aliphatic hydroxyl groups is 3. The van der Waals surface area contributed by atoms with E-state index in [4.69, 9.17) is 15.0 Å². The van der Waals surface area contributed by atoms with Crippen molar-refractivity contribution in [2.24, 2.45) is 5.11 Å². The van der Waals surface area contributed by atoms with Crippen LogP contribution in [-0.4, -0.2) is 51.9 Å². The minimum Gasteiger partial charge on any atom is -0.390 e. The number of benzene rings is 2. The summed E-state index contributed by atoms with van der Waals surface area (Å²) in [5, 5.41) is 36.0. The minimum atomic E-state index is -1.73. The number of ether oxygens (including phenoxy) is 2. The van der Waals surface area contributed by atoms with Gasteiger partial charge >= 0.3 is 0 Å². The predicted octanol–water partition coefficient (Wildman–Crippen LogP) is 2.32. The third-order valence-corrected chi connectivity index (χ3v) is 5.10. The summed E-state index contributed by atoms with van der Waals surface area (Å²) in [6.07, 6.45) is -3.94. The molecule has 0 heterocycles. The topological polar surface area (TPSA) is 128 Å². The first kappa shape index (κ1) is 21.3. The van der Waals surface area contributed by atoms with E-state index in [-0.39, 0.29) is 26.2 Å². The molecule has 1 fully saturated rings. The van der Waals surface area contributed by atoms with Crippen LogP contribution in [0.4, 0.5) is 0 Å². The average Bonchev–Trinajstić information content (AvgIpc) is 2.74. The van der Waals surface area contributed by atoms with Gasteiger partial charge in [0.2, 0.25) is 0 Å². The SMILES string of the molecule is [N-]=[N+]=N[C@@H]1C[C@](O)(COCc2ccccc2)[C@@H](O)[C@H](OCc2ccccc2)[C@H]1O. The Labute approximate surface area is 169 Å². The first-order chi connectivity index (χ1) is 14.0. The van der Waals surface area contributed by atoms with Crippen molar-refractivity contribution < 1.29 is 24.8 Å². The molecule has 0 aliphatic heterocycles. The molecule has 8 nitrogen and oxygen atoms in total. The lowest BCUT2D eigenvalue weighted by Gasteiger charge is -2.46. The molecule has 0 amide bonds. The summed E-state index contributed by atoms with van der Waals surface area (Å²) < 4.78 is 11.4. The second-order valence-corrected chi connectivity index (χ2v) is 7.26. The Hall–Kier alpha value is -2.45. The van der Waals surface area contributed by atoms with E-state index in [1.54, 1.807) is 0 Å². The fourth-order valence-electron chi connectivity index (χ4n) is 3.51. The average molecular weight is 399 g/mol. The zero-order valence-electron chi connectivity index (χ0n) is 15.9. The molecule has 3 N–H and O–H groups in total. The Balaban J connectivity index is 1.70. The van der Waals surface area contributed by atoms with Crippen LogP contribution in [0, 0.1) is 0 Å². The van der Waals surface area contributed by atoms with Crippen LogP contribution in [0.15, 0.2) is 65.8 Å². The van der Waals surface area contributed by atoms with Crippen molar-refractivity contribution in [2.45, 2.75) is 49.6 Å². The molecular formula is C21H25N3O5. The number of rotatable bonds is 8. The van der Waals surface area contributed by atoms with Crippen molar-refractivity contribution in [1.82, 2.24) is 0 Å². The van der Waals surface area contributed by atoms with Gasteiger partial charge in [-0.1, -0.05) is 65.8 Å². The van der Waals surface area contributed by atoms with Gasteiger partial charge in [-0.15, -0.1) is 0 Å². The monoisotopic (exact) mass is 399 g/mol. The summed E-state index contributed by atoms with van der Waals surface area (Å²) in [6, 6.07) is 17.7. The van der Waals surface area contributed by atoms with Crippen molar-refractivity contribution in [2.75, 3.05) is 6.61 Å². The molecule has 5 atom stereocenters. The summed E-state index contributed by atoms with van der Waals surface area (Å²) in [5.74, 6) is 0. The lowest BCUT2D eigenvalue weighted by atomic mass is 9.76. The lowest BCUT2D eigenvalue weighted by Crippen LogP contribution is -2.64. The molecule has 1 saturated carbocycles. The van der Waals surface area contributed by atoms with Crippen LogP contribution in [0.1, 0.15) is 17.5 Å². The van der Waals surface area contributed by atoms with E-state index >= 15 is 0 Å². The van der Waals surface area contributed by atoms with Gasteiger partial charge in [-0.25, -0.2) is 0 Å². The standard InChI is InChI=1S/C21H25N3O5/c22-24-23-17-11-21(27,14-28-12-15-7-3-1-4-8-15)20(26)19(18(17)25)29-13-16-9-5-2-6-10-16/h1-10,17-20,25-27H,11-14H2/t17-,18+,19-,20+,21+/m1/s1. The van der Waals surface area contributed by atoms with Crippen LogP contribution in [0.3, 0.4) is 0 Å². The van der Waals surface area contributed by atoms with E-state index in [9.17, 15) is 15.3 Å². The van der Waals surface area contributed by atoms with Gasteiger partial charge in [-0.2, -0.15) is 0 Å². The molecule has 29 heavy (non-hydrogen) atoms. The van der Waals surface area contributed by atoms with Gasteiger partial charge in [0.1, 0.15) is 17.8 Å². The fourth-order valence-corrected chi connectivity index (χ4v) is 3.51. The van der Waals surface area contributed by atoms with Crippen molar-refractivity contribution in [3.8, 4) is 0 Å². The molecule has 0 saturated heterocycles. The maximum absolute atomic E-state index is 11.1. The molecule has 0 radical (unpaired) electrons. The van der Waals surface area contributed by atoms with Crippen LogP contribution < -0.4 is 0 Å². The van der Waals surface area contributed by atoms with Gasteiger partial charge in [0.15, 0.2) is 0 Å². The highest BCUT2D eigenvalue weighted by Crippen LogP contribution is 2.34. The number of nitrogens with zero attached hydrogens (tertiary/aromatic N) is 3. The molecule has 154 valence electrons. The van der Waals surface area contributed by atoms with Crippen LogP contribution in [0.25, 0.3) is 10.4 Å². The van der Waals surface area contributed by atoms with Gasteiger partial charge < -0.3 is 24.8 Å². The fraction of sp³-hybridized carbons (Fsp3) is 0.429. The Kier molecular flexibility index (Phi) is 7.22. The zero-order valence-corrected chi connectivity index (χ0v) is 15.9. The second-order valence-electron chi connectivity index (χ2n) is 7.26. The molecule has 2 aromatic rings. The van der Waals surface area contributed by atoms with E-state index in [2.05, 4.69) is 10.0 Å². The van der Waals surface area contributed by atoms with Crippen molar-refractivity contribution in [3.05, 3.63) is 82.2 Å². The summed E-state index contributed by atoms with van der Waals surface area (Å²) >= 11 is 0. The Morgan fingerprint density at radius 1 is 1.00 bits per heavy atom. The molecular weight excluding hydrogens is 374 g/mol. The van der Waals surface area contributed by atoms with Gasteiger partial charge in [0.25, 0.3) is 0 Å². The quantitative estimate of drug-likeness (QED) is 0.356. The predicted molar refractivity (Wildman–Crippen MR) is 106 cm³/mol. The molecule has 3 rings (SSSR count). The van der Waals surface area contributed by atoms with Crippen LogP contribution in [-0.2, 0) is 22.7 Å². The highest BCUT2D eigenvalue weighted by Gasteiger charge is 2.52. The first-order valence-corrected chi connectivity index (χ1v) is 9.43. The summed E-state index contributed by atoms with van der Waals surface area (Å²) in [6.45, 7) is 0.183. The first-order valence-electron chi connectivity index (χ1n) is 9.43. The highest BCUT2D eigenvalue weighted by atomic mass is 16.5. The Bertz CT molecular complexity index is 816. The number of hydrogen-bond donors (Lipinski definition) is 3. The van der Waals surface area contributed by atoms with Crippen molar-refractivity contribution in [3.63, 3.8) is 0 Å². The van der Waals surface area contributed by atoms with E-state index in [0.29, 0.717) is 0 Å². The minimum absolute atomic E-state index is 0.129. The normalized spacial score (nSPS) is 29.2. The zero-order chi connectivity index (χ0) is 20.7.